The lowest BCUT2D eigenvalue weighted by atomic mass is 10.1. The van der Waals surface area contributed by atoms with E-state index in [1.165, 1.54) is 12.1 Å². The summed E-state index contributed by atoms with van der Waals surface area (Å²) in [5.74, 6) is 0.615. The van der Waals surface area contributed by atoms with Crippen LogP contribution in [0.4, 0.5) is 17.2 Å². The van der Waals surface area contributed by atoms with E-state index in [2.05, 4.69) is 57.8 Å². The Balaban J connectivity index is 1.46. The number of nitrogens with one attached hydrogen (secondary N) is 2. The fourth-order valence-corrected chi connectivity index (χ4v) is 3.57. The van der Waals surface area contributed by atoms with E-state index in [-0.39, 0.29) is 5.69 Å². The van der Waals surface area contributed by atoms with Crippen molar-refractivity contribution in [3.8, 4) is 0 Å². The van der Waals surface area contributed by atoms with Crippen LogP contribution in [0, 0.1) is 10.1 Å². The van der Waals surface area contributed by atoms with Crippen molar-refractivity contribution in [1.82, 2.24) is 9.97 Å². The van der Waals surface area contributed by atoms with E-state index in [4.69, 9.17) is 0 Å². The molecule has 0 radical (unpaired) electrons. The number of aromatic nitrogens is 2. The Morgan fingerprint density at radius 3 is 2.52 bits per heavy atom. The molecule has 31 heavy (non-hydrogen) atoms. The smallest absolute Gasteiger partial charge is 0.271 e. The molecule has 0 bridgehead atoms. The van der Waals surface area contributed by atoms with E-state index in [0.29, 0.717) is 11.5 Å². The fourth-order valence-electron chi connectivity index (χ4n) is 3.57. The van der Waals surface area contributed by atoms with Gasteiger partial charge in [0.05, 0.1) is 4.92 Å². The van der Waals surface area contributed by atoms with Crippen molar-refractivity contribution in [3.05, 3.63) is 106 Å². The molecule has 6 nitrogen and oxygen atoms in total. The van der Waals surface area contributed by atoms with Gasteiger partial charge < -0.3 is 10.3 Å². The molecule has 0 unspecified atom stereocenters. The van der Waals surface area contributed by atoms with Crippen LogP contribution in [0.15, 0.2) is 84.9 Å². The molecule has 0 spiro atoms. The number of fused-ring (bicyclic) bond motifs is 3. The van der Waals surface area contributed by atoms with E-state index in [1.807, 2.05) is 30.3 Å². The number of benzene rings is 3. The summed E-state index contributed by atoms with van der Waals surface area (Å²) >= 11 is 0. The molecule has 0 amide bonds. The van der Waals surface area contributed by atoms with Gasteiger partial charge in [-0.2, -0.15) is 0 Å². The first-order valence-electron chi connectivity index (χ1n) is 9.83. The average Bonchev–Trinajstić information content (AvgIpc) is 3.15. The molecule has 150 valence electrons. The summed E-state index contributed by atoms with van der Waals surface area (Å²) in [7, 11) is 0. The number of rotatable bonds is 5. The third-order valence-electron chi connectivity index (χ3n) is 5.08. The van der Waals surface area contributed by atoms with Crippen LogP contribution in [0.2, 0.25) is 0 Å². The van der Waals surface area contributed by atoms with Crippen molar-refractivity contribution in [2.75, 3.05) is 5.32 Å². The van der Waals surface area contributed by atoms with Crippen LogP contribution in [0.1, 0.15) is 11.1 Å². The van der Waals surface area contributed by atoms with Crippen molar-refractivity contribution in [3.63, 3.8) is 0 Å². The number of anilines is 2. The Bertz CT molecular complexity index is 1440. The Hall–Kier alpha value is -4.45. The van der Waals surface area contributed by atoms with Crippen molar-refractivity contribution in [2.24, 2.45) is 0 Å². The SMILES string of the molecule is O=[N+]([O-])c1cccc(Nc2ccc3c(n2)[nH]c2ccc(/C=C/c4ccccc4)cc23)c1. The molecule has 0 atom stereocenters. The molecule has 0 aliphatic rings. The first kappa shape index (κ1) is 18.6. The molecule has 0 fully saturated rings. The van der Waals surface area contributed by atoms with Gasteiger partial charge in [0.15, 0.2) is 0 Å². The van der Waals surface area contributed by atoms with Gasteiger partial charge in [0, 0.05) is 34.1 Å². The summed E-state index contributed by atoms with van der Waals surface area (Å²) in [6, 6.07) is 26.7. The molecule has 5 rings (SSSR count). The van der Waals surface area contributed by atoms with E-state index in [0.717, 1.165) is 33.1 Å². The molecular formula is C25H18N4O2. The van der Waals surface area contributed by atoms with Crippen molar-refractivity contribution < 1.29 is 4.92 Å². The second kappa shape index (κ2) is 7.76. The molecule has 0 aliphatic heterocycles. The summed E-state index contributed by atoms with van der Waals surface area (Å²) < 4.78 is 0. The zero-order valence-corrected chi connectivity index (χ0v) is 16.4. The number of non-ortho nitro benzene ring substituents is 1. The number of aromatic amines is 1. The molecular weight excluding hydrogens is 388 g/mol. The second-order valence-corrected chi connectivity index (χ2v) is 7.20. The highest BCUT2D eigenvalue weighted by atomic mass is 16.6. The van der Waals surface area contributed by atoms with Gasteiger partial charge in [-0.1, -0.05) is 54.6 Å². The quantitative estimate of drug-likeness (QED) is 0.197. The maximum atomic E-state index is 11.0. The number of hydrogen-bond acceptors (Lipinski definition) is 4. The first-order chi connectivity index (χ1) is 15.2. The third kappa shape index (κ3) is 3.86. The van der Waals surface area contributed by atoms with Crippen LogP contribution < -0.4 is 5.32 Å². The summed E-state index contributed by atoms with van der Waals surface area (Å²) in [6.45, 7) is 0. The topological polar surface area (TPSA) is 83.8 Å². The number of nitro benzene ring substituents is 1. The maximum Gasteiger partial charge on any atom is 0.271 e. The molecule has 0 saturated heterocycles. The van der Waals surface area contributed by atoms with Gasteiger partial charge in [0.2, 0.25) is 0 Å². The summed E-state index contributed by atoms with van der Waals surface area (Å²) in [5, 5.41) is 16.2. The molecule has 3 aromatic carbocycles. The van der Waals surface area contributed by atoms with Gasteiger partial charge in [-0.05, 0) is 41.5 Å². The molecule has 5 aromatic rings. The second-order valence-electron chi connectivity index (χ2n) is 7.20. The zero-order chi connectivity index (χ0) is 21.2. The van der Waals surface area contributed by atoms with E-state index in [1.54, 1.807) is 12.1 Å². The average molecular weight is 406 g/mol. The lowest BCUT2D eigenvalue weighted by molar-refractivity contribution is -0.384. The van der Waals surface area contributed by atoms with Crippen LogP contribution in [-0.2, 0) is 0 Å². The molecule has 0 saturated carbocycles. The standard InChI is InChI=1S/C25H18N4O2/c30-29(31)20-8-4-7-19(16-20)26-24-14-12-21-22-15-18(10-9-17-5-2-1-3-6-17)11-13-23(22)27-25(21)28-24/h1-16H,(H2,26,27,28)/b10-9+. The molecule has 2 N–H and O–H groups in total. The van der Waals surface area contributed by atoms with E-state index in [9.17, 15) is 10.1 Å². The minimum absolute atomic E-state index is 0.0350. The van der Waals surface area contributed by atoms with Crippen molar-refractivity contribution in [1.29, 1.82) is 0 Å². The van der Waals surface area contributed by atoms with Crippen LogP contribution >= 0.6 is 0 Å². The Kier molecular flexibility index (Phi) is 4.65. The number of nitro groups is 1. The van der Waals surface area contributed by atoms with Gasteiger partial charge in [-0.15, -0.1) is 0 Å². The highest BCUT2D eigenvalue weighted by molar-refractivity contribution is 6.07. The number of pyridine rings is 1. The highest BCUT2D eigenvalue weighted by Crippen LogP contribution is 2.28. The predicted octanol–water partition coefficient (Wildman–Crippen LogP) is 6.54. The number of nitrogens with zero attached hydrogens (tertiary/aromatic N) is 2. The first-order valence-corrected chi connectivity index (χ1v) is 9.83. The van der Waals surface area contributed by atoms with Gasteiger partial charge in [0.1, 0.15) is 11.5 Å². The minimum atomic E-state index is -0.413. The monoisotopic (exact) mass is 406 g/mol. The fraction of sp³-hybridized carbons (Fsp3) is 0. The minimum Gasteiger partial charge on any atom is -0.340 e. The van der Waals surface area contributed by atoms with Crippen LogP contribution in [0.5, 0.6) is 0 Å². The Labute approximate surface area is 178 Å². The van der Waals surface area contributed by atoms with Crippen LogP contribution in [0.3, 0.4) is 0 Å². The number of H-pyrrole nitrogens is 1. The largest absolute Gasteiger partial charge is 0.340 e. The Morgan fingerprint density at radius 1 is 0.839 bits per heavy atom. The summed E-state index contributed by atoms with van der Waals surface area (Å²) in [5.41, 5.74) is 4.68. The highest BCUT2D eigenvalue weighted by Gasteiger charge is 2.09. The van der Waals surface area contributed by atoms with Gasteiger partial charge in [0.25, 0.3) is 5.69 Å². The predicted molar refractivity (Wildman–Crippen MR) is 125 cm³/mol. The van der Waals surface area contributed by atoms with Crippen LogP contribution in [0.25, 0.3) is 34.1 Å². The summed E-state index contributed by atoms with van der Waals surface area (Å²) in [6.07, 6.45) is 4.19. The lowest BCUT2D eigenvalue weighted by Crippen LogP contribution is -1.95. The summed E-state index contributed by atoms with van der Waals surface area (Å²) in [4.78, 5) is 18.6. The van der Waals surface area contributed by atoms with Gasteiger partial charge in [-0.3, -0.25) is 10.1 Å². The van der Waals surface area contributed by atoms with E-state index >= 15 is 0 Å². The normalized spacial score (nSPS) is 11.4. The maximum absolute atomic E-state index is 11.0. The lowest BCUT2D eigenvalue weighted by Gasteiger charge is -2.05. The van der Waals surface area contributed by atoms with Crippen molar-refractivity contribution in [2.45, 2.75) is 0 Å². The zero-order valence-electron chi connectivity index (χ0n) is 16.4. The van der Waals surface area contributed by atoms with Crippen LogP contribution in [-0.4, -0.2) is 14.9 Å². The van der Waals surface area contributed by atoms with Crippen molar-refractivity contribution >= 4 is 51.3 Å². The molecule has 2 aromatic heterocycles. The third-order valence-corrected chi connectivity index (χ3v) is 5.08. The van der Waals surface area contributed by atoms with Gasteiger partial charge in [-0.25, -0.2) is 4.98 Å². The molecule has 2 heterocycles. The Morgan fingerprint density at radius 2 is 1.68 bits per heavy atom. The number of hydrogen-bond donors (Lipinski definition) is 2. The molecule has 0 aliphatic carbocycles. The molecule has 6 heteroatoms. The van der Waals surface area contributed by atoms with Gasteiger partial charge >= 0.3 is 0 Å². The van der Waals surface area contributed by atoms with E-state index < -0.39 is 4.92 Å².